The molecule has 1 rings (SSSR count). The van der Waals surface area contributed by atoms with Crippen molar-refractivity contribution in [2.75, 3.05) is 6.61 Å². The number of carboxylic acid groups (broad SMARTS) is 1. The van der Waals surface area contributed by atoms with Crippen LogP contribution in [-0.4, -0.2) is 27.5 Å². The third kappa shape index (κ3) is 2.62. The van der Waals surface area contributed by atoms with Crippen LogP contribution in [0.25, 0.3) is 0 Å². The summed E-state index contributed by atoms with van der Waals surface area (Å²) in [4.78, 5) is 10.3. The van der Waals surface area contributed by atoms with Crippen molar-refractivity contribution in [3.05, 3.63) is 24.5 Å². The molecule has 5 heteroatoms. The maximum absolute atomic E-state index is 10.3. The summed E-state index contributed by atoms with van der Waals surface area (Å²) < 4.78 is 6.65. The van der Waals surface area contributed by atoms with Gasteiger partial charge >= 0.3 is 5.97 Å². The van der Waals surface area contributed by atoms with Gasteiger partial charge in [-0.15, -0.1) is 0 Å². The summed E-state index contributed by atoms with van der Waals surface area (Å²) in [5.74, 6) is -0.520. The predicted molar refractivity (Wildman–Crippen MR) is 45.5 cm³/mol. The highest BCUT2D eigenvalue weighted by atomic mass is 16.5. The first kappa shape index (κ1) is 9.31. The Morgan fingerprint density at radius 2 is 2.54 bits per heavy atom. The first-order chi connectivity index (χ1) is 6.09. The average Bonchev–Trinajstić information content (AvgIpc) is 2.47. The Morgan fingerprint density at radius 3 is 3.00 bits per heavy atom. The molecule has 0 saturated heterocycles. The zero-order valence-electron chi connectivity index (χ0n) is 7.23. The second-order valence-electron chi connectivity index (χ2n) is 2.55. The molecule has 0 bridgehead atoms. The molecule has 70 valence electrons. The van der Waals surface area contributed by atoms with Gasteiger partial charge in [-0.25, -0.2) is 4.79 Å². The Balaban J connectivity index is 2.44. The van der Waals surface area contributed by atoms with Crippen molar-refractivity contribution in [2.45, 2.75) is 0 Å². The van der Waals surface area contributed by atoms with Crippen molar-refractivity contribution in [3.63, 3.8) is 0 Å². The third-order valence-corrected chi connectivity index (χ3v) is 1.40. The molecular weight excluding hydrogens is 172 g/mol. The van der Waals surface area contributed by atoms with Gasteiger partial charge in [-0.3, -0.25) is 4.68 Å². The van der Waals surface area contributed by atoms with Gasteiger partial charge in [0.15, 0.2) is 5.75 Å². The van der Waals surface area contributed by atoms with E-state index in [1.807, 2.05) is 0 Å². The van der Waals surface area contributed by atoms with Crippen molar-refractivity contribution < 1.29 is 14.6 Å². The standard InChI is InChI=1S/C8H10N2O3/c1-6(8(11)12)5-13-7-3-9-10(2)4-7/h3-4H,1,5H2,2H3,(H,11,12). The predicted octanol–water partition coefficient (Wildman–Crippen LogP) is 0.440. The van der Waals surface area contributed by atoms with E-state index in [4.69, 9.17) is 9.84 Å². The molecule has 1 N–H and O–H groups in total. The number of nitrogens with zero attached hydrogens (tertiary/aromatic N) is 2. The summed E-state index contributed by atoms with van der Waals surface area (Å²) >= 11 is 0. The van der Waals surface area contributed by atoms with E-state index >= 15 is 0 Å². The molecule has 13 heavy (non-hydrogen) atoms. The van der Waals surface area contributed by atoms with Crippen molar-refractivity contribution in [1.29, 1.82) is 0 Å². The van der Waals surface area contributed by atoms with Crippen LogP contribution in [0.2, 0.25) is 0 Å². The van der Waals surface area contributed by atoms with E-state index in [1.54, 1.807) is 17.9 Å². The quantitative estimate of drug-likeness (QED) is 0.686. The topological polar surface area (TPSA) is 64.4 Å². The van der Waals surface area contributed by atoms with Crippen molar-refractivity contribution in [3.8, 4) is 5.75 Å². The van der Waals surface area contributed by atoms with Crippen LogP contribution in [0.1, 0.15) is 0 Å². The molecule has 1 aromatic rings. The van der Waals surface area contributed by atoms with Crippen LogP contribution in [0.15, 0.2) is 24.5 Å². The number of carbonyl (C=O) groups is 1. The van der Waals surface area contributed by atoms with E-state index in [-0.39, 0.29) is 12.2 Å². The van der Waals surface area contributed by atoms with E-state index in [0.29, 0.717) is 5.75 Å². The molecule has 0 aliphatic rings. The molecule has 0 atom stereocenters. The average molecular weight is 182 g/mol. The Labute approximate surface area is 75.2 Å². The zero-order chi connectivity index (χ0) is 9.84. The highest BCUT2D eigenvalue weighted by molar-refractivity contribution is 5.86. The molecule has 0 amide bonds. The summed E-state index contributed by atoms with van der Waals surface area (Å²) in [5.41, 5.74) is 0.0175. The minimum atomic E-state index is -1.05. The van der Waals surface area contributed by atoms with Gasteiger partial charge in [0, 0.05) is 7.05 Å². The maximum Gasteiger partial charge on any atom is 0.334 e. The lowest BCUT2D eigenvalue weighted by molar-refractivity contribution is -0.133. The normalized spacial score (nSPS) is 9.62. The molecule has 0 radical (unpaired) electrons. The third-order valence-electron chi connectivity index (χ3n) is 1.40. The molecule has 0 aliphatic carbocycles. The molecule has 0 aliphatic heterocycles. The molecule has 0 unspecified atom stereocenters. The number of hydrogen-bond donors (Lipinski definition) is 1. The van der Waals surface area contributed by atoms with Gasteiger partial charge in [-0.2, -0.15) is 5.10 Å². The minimum absolute atomic E-state index is 0.0175. The van der Waals surface area contributed by atoms with Crippen LogP contribution in [0.3, 0.4) is 0 Å². The lowest BCUT2D eigenvalue weighted by atomic mass is 10.3. The van der Waals surface area contributed by atoms with Crippen LogP contribution >= 0.6 is 0 Å². The number of carboxylic acids is 1. The van der Waals surface area contributed by atoms with Crippen LogP contribution in [-0.2, 0) is 11.8 Å². The highest BCUT2D eigenvalue weighted by Crippen LogP contribution is 2.07. The van der Waals surface area contributed by atoms with E-state index in [2.05, 4.69) is 11.7 Å². The second kappa shape index (κ2) is 3.75. The van der Waals surface area contributed by atoms with E-state index < -0.39 is 5.97 Å². The van der Waals surface area contributed by atoms with Gasteiger partial charge in [0.1, 0.15) is 6.61 Å². The van der Waals surface area contributed by atoms with Gasteiger partial charge in [0.25, 0.3) is 0 Å². The van der Waals surface area contributed by atoms with Crippen molar-refractivity contribution in [2.24, 2.45) is 7.05 Å². The van der Waals surface area contributed by atoms with Crippen molar-refractivity contribution >= 4 is 5.97 Å². The molecular formula is C8H10N2O3. The molecule has 1 aromatic heterocycles. The number of aliphatic carboxylic acids is 1. The summed E-state index contributed by atoms with van der Waals surface area (Å²) in [7, 11) is 1.75. The van der Waals surface area contributed by atoms with E-state index in [9.17, 15) is 4.79 Å². The Morgan fingerprint density at radius 1 is 1.85 bits per heavy atom. The summed E-state index contributed by atoms with van der Waals surface area (Å²) in [6.07, 6.45) is 3.16. The number of ether oxygens (including phenoxy) is 1. The van der Waals surface area contributed by atoms with Gasteiger partial charge in [0.2, 0.25) is 0 Å². The van der Waals surface area contributed by atoms with E-state index in [1.165, 1.54) is 6.20 Å². The first-order valence-electron chi connectivity index (χ1n) is 3.62. The molecule has 0 spiro atoms. The van der Waals surface area contributed by atoms with Crippen LogP contribution in [0.4, 0.5) is 0 Å². The summed E-state index contributed by atoms with van der Waals surface area (Å²) in [6, 6.07) is 0. The van der Waals surface area contributed by atoms with Crippen LogP contribution in [0.5, 0.6) is 5.75 Å². The fourth-order valence-corrected chi connectivity index (χ4v) is 0.706. The van der Waals surface area contributed by atoms with Crippen LogP contribution in [0, 0.1) is 0 Å². The first-order valence-corrected chi connectivity index (χ1v) is 3.62. The van der Waals surface area contributed by atoms with Gasteiger partial charge in [-0.1, -0.05) is 6.58 Å². The summed E-state index contributed by atoms with van der Waals surface area (Å²) in [5, 5.41) is 12.3. The summed E-state index contributed by atoms with van der Waals surface area (Å²) in [6.45, 7) is 3.30. The number of rotatable bonds is 4. The number of hydrogen-bond acceptors (Lipinski definition) is 3. The molecule has 0 fully saturated rings. The fourth-order valence-electron chi connectivity index (χ4n) is 0.706. The lowest BCUT2D eigenvalue weighted by Gasteiger charge is -2.01. The van der Waals surface area contributed by atoms with Crippen molar-refractivity contribution in [1.82, 2.24) is 9.78 Å². The zero-order valence-corrected chi connectivity index (χ0v) is 7.23. The smallest absolute Gasteiger partial charge is 0.334 e. The van der Waals surface area contributed by atoms with Gasteiger partial charge in [-0.05, 0) is 0 Å². The Bertz CT molecular complexity index is 330. The Hall–Kier alpha value is -1.78. The molecule has 1 heterocycles. The van der Waals surface area contributed by atoms with Gasteiger partial charge < -0.3 is 9.84 Å². The van der Waals surface area contributed by atoms with Gasteiger partial charge in [0.05, 0.1) is 18.0 Å². The fraction of sp³-hybridized carbons (Fsp3) is 0.250. The number of aromatic nitrogens is 2. The SMILES string of the molecule is C=C(COc1cnn(C)c1)C(=O)O. The van der Waals surface area contributed by atoms with E-state index in [0.717, 1.165) is 0 Å². The largest absolute Gasteiger partial charge is 0.485 e. The minimum Gasteiger partial charge on any atom is -0.485 e. The second-order valence-corrected chi connectivity index (χ2v) is 2.55. The lowest BCUT2D eigenvalue weighted by Crippen LogP contribution is -2.08. The molecule has 5 nitrogen and oxygen atoms in total. The van der Waals surface area contributed by atoms with Crippen LogP contribution < -0.4 is 4.74 Å². The Kier molecular flexibility index (Phi) is 2.69. The maximum atomic E-state index is 10.3. The monoisotopic (exact) mass is 182 g/mol. The molecule has 0 aromatic carbocycles. The highest BCUT2D eigenvalue weighted by Gasteiger charge is 2.04. The molecule has 0 saturated carbocycles. The number of aryl methyl sites for hydroxylation is 1.